The molecule has 4 nitrogen and oxygen atoms in total. The van der Waals surface area contributed by atoms with Crippen LogP contribution in [0.3, 0.4) is 0 Å². The van der Waals surface area contributed by atoms with Crippen LogP contribution in [0.2, 0.25) is 0 Å². The minimum absolute atomic E-state index is 0.391. The highest BCUT2D eigenvalue weighted by Gasteiger charge is 2.40. The summed E-state index contributed by atoms with van der Waals surface area (Å²) >= 11 is 0. The van der Waals surface area contributed by atoms with E-state index in [9.17, 15) is 15.0 Å². The van der Waals surface area contributed by atoms with Gasteiger partial charge >= 0.3 is 0 Å². The molecule has 1 amide bonds. The molecule has 19 heavy (non-hydrogen) atoms. The highest BCUT2D eigenvalue weighted by Crippen LogP contribution is 2.47. The van der Waals surface area contributed by atoms with Crippen LogP contribution in [0, 0.1) is 0 Å². The molecule has 3 N–H and O–H groups in total. The van der Waals surface area contributed by atoms with Crippen molar-refractivity contribution in [2.45, 2.75) is 36.7 Å². The molecule has 0 saturated heterocycles. The molecule has 2 unspecified atom stereocenters. The van der Waals surface area contributed by atoms with Gasteiger partial charge in [0, 0.05) is 16.7 Å². The summed E-state index contributed by atoms with van der Waals surface area (Å²) in [6.45, 7) is 0. The molecular weight excluding hydrogens is 240 g/mol. The van der Waals surface area contributed by atoms with E-state index >= 15 is 0 Å². The molecule has 0 aliphatic heterocycles. The molecule has 0 fully saturated rings. The van der Waals surface area contributed by atoms with Crippen LogP contribution >= 0.6 is 0 Å². The van der Waals surface area contributed by atoms with Crippen LogP contribution in [0.15, 0.2) is 6.07 Å². The molecule has 2 aliphatic carbocycles. The average Bonchev–Trinajstić information content (AvgIpc) is 2.79. The van der Waals surface area contributed by atoms with Crippen molar-refractivity contribution >= 4 is 27.8 Å². The van der Waals surface area contributed by atoms with Crippen molar-refractivity contribution < 1.29 is 15.0 Å². The Morgan fingerprint density at radius 2 is 1.58 bits per heavy atom. The fourth-order valence-electron chi connectivity index (χ4n) is 3.20. The van der Waals surface area contributed by atoms with Crippen molar-refractivity contribution in [2.24, 2.45) is 0 Å². The summed E-state index contributed by atoms with van der Waals surface area (Å²) in [5.41, 5.74) is 0.556. The Balaban J connectivity index is 2.28. The lowest BCUT2D eigenvalue weighted by Crippen LogP contribution is -2.25. The smallest absolute Gasteiger partial charge is 0.211 e. The van der Waals surface area contributed by atoms with E-state index in [1.54, 1.807) is 6.07 Å². The minimum Gasteiger partial charge on any atom is -0.395 e. The second kappa shape index (κ2) is 3.87. The van der Waals surface area contributed by atoms with Gasteiger partial charge in [0.15, 0.2) is 0 Å². The first-order chi connectivity index (χ1) is 8.87. The number of anilines is 1. The van der Waals surface area contributed by atoms with Gasteiger partial charge in [0.2, 0.25) is 6.41 Å². The van der Waals surface area contributed by atoms with Crippen LogP contribution in [0.5, 0.6) is 0 Å². The summed E-state index contributed by atoms with van der Waals surface area (Å²) in [5.74, 6) is 0. The predicted molar refractivity (Wildman–Crippen MR) is 72.1 cm³/mol. The number of benzene rings is 1. The Hall–Kier alpha value is -1.26. The fraction of sp³-hybridized carbons (Fsp3) is 0.462. The van der Waals surface area contributed by atoms with Gasteiger partial charge in [0.25, 0.3) is 0 Å². The number of fused-ring (bicyclic) bond motifs is 2. The van der Waals surface area contributed by atoms with E-state index in [1.165, 1.54) is 0 Å². The van der Waals surface area contributed by atoms with Gasteiger partial charge in [-0.1, -0.05) is 6.07 Å². The zero-order valence-electron chi connectivity index (χ0n) is 10.4. The Morgan fingerprint density at radius 3 is 2.00 bits per heavy atom. The highest BCUT2D eigenvalue weighted by molar-refractivity contribution is 6.16. The zero-order valence-corrected chi connectivity index (χ0v) is 10.4. The Morgan fingerprint density at radius 1 is 1.11 bits per heavy atom. The maximum absolute atomic E-state index is 10.8. The molecule has 1 aromatic carbocycles. The molecule has 3 rings (SSSR count). The summed E-state index contributed by atoms with van der Waals surface area (Å²) < 4.78 is 0. The number of carbonyl (C=O) groups is 1. The van der Waals surface area contributed by atoms with E-state index in [1.807, 2.05) is 0 Å². The predicted octanol–water partition coefficient (Wildman–Crippen LogP) is -0.226. The van der Waals surface area contributed by atoms with Crippen LogP contribution in [-0.2, 0) is 28.6 Å². The fourth-order valence-corrected chi connectivity index (χ4v) is 3.20. The van der Waals surface area contributed by atoms with Gasteiger partial charge in [-0.15, -0.1) is 0 Å². The second-order valence-electron chi connectivity index (χ2n) is 5.41. The van der Waals surface area contributed by atoms with Gasteiger partial charge in [-0.3, -0.25) is 4.79 Å². The maximum atomic E-state index is 10.8. The molecule has 94 valence electrons. The minimum atomic E-state index is -1.43. The van der Waals surface area contributed by atoms with Crippen molar-refractivity contribution in [3.05, 3.63) is 28.3 Å². The monoisotopic (exact) mass is 253 g/mol. The normalized spacial score (nSPS) is 31.9. The largest absolute Gasteiger partial charge is 0.395 e. The molecule has 4 radical (unpaired) electrons. The van der Waals surface area contributed by atoms with Crippen molar-refractivity contribution in [1.29, 1.82) is 0 Å². The summed E-state index contributed by atoms with van der Waals surface area (Å²) in [6, 6.07) is 1.68. The van der Waals surface area contributed by atoms with E-state index in [4.69, 9.17) is 15.7 Å². The summed E-state index contributed by atoms with van der Waals surface area (Å²) in [5, 5.41) is 23.0. The maximum Gasteiger partial charge on any atom is 0.211 e. The first-order valence-corrected chi connectivity index (χ1v) is 6.29. The topological polar surface area (TPSA) is 69.6 Å². The summed E-state index contributed by atoms with van der Waals surface area (Å²) in [6.07, 6.45) is 2.56. The molecule has 0 saturated carbocycles. The number of hydrogen-bond donors (Lipinski definition) is 3. The van der Waals surface area contributed by atoms with Crippen molar-refractivity contribution in [3.63, 3.8) is 0 Å². The number of rotatable bonds is 2. The third-order valence-corrected chi connectivity index (χ3v) is 4.19. The van der Waals surface area contributed by atoms with E-state index < -0.39 is 11.0 Å². The van der Waals surface area contributed by atoms with Crippen molar-refractivity contribution in [1.82, 2.24) is 0 Å². The van der Waals surface area contributed by atoms with Crippen molar-refractivity contribution in [2.75, 3.05) is 5.32 Å². The lowest BCUT2D eigenvalue weighted by atomic mass is 9.72. The molecule has 2 aliphatic rings. The summed E-state index contributed by atoms with van der Waals surface area (Å²) in [4.78, 5) is 10.8. The van der Waals surface area contributed by atoms with Crippen LogP contribution in [-0.4, -0.2) is 32.3 Å². The Labute approximate surface area is 114 Å². The van der Waals surface area contributed by atoms with E-state index in [0.29, 0.717) is 48.9 Å². The molecular formula is C13H13B2NO3. The number of carbonyl (C=O) groups excluding carboxylic acids is 1. The molecule has 0 bridgehead atoms. The van der Waals surface area contributed by atoms with Gasteiger partial charge in [-0.05, 0) is 47.9 Å². The third kappa shape index (κ3) is 1.74. The van der Waals surface area contributed by atoms with Gasteiger partial charge < -0.3 is 15.5 Å². The molecule has 2 atom stereocenters. The Bertz CT molecular complexity index is 527. The third-order valence-electron chi connectivity index (χ3n) is 4.19. The molecule has 1 aromatic rings. The van der Waals surface area contributed by atoms with Crippen molar-refractivity contribution in [3.8, 4) is 0 Å². The zero-order chi connectivity index (χ0) is 13.8. The first-order valence-electron chi connectivity index (χ1n) is 6.29. The highest BCUT2D eigenvalue weighted by atomic mass is 16.3. The van der Waals surface area contributed by atoms with E-state index in [2.05, 4.69) is 5.32 Å². The number of aliphatic hydroxyl groups is 2. The SMILES string of the molecule is [B]C1(O)CCc2c1cc1c(c2NC=O)CCC1([B])O. The Kier molecular flexibility index (Phi) is 2.60. The molecule has 0 heterocycles. The van der Waals surface area contributed by atoms with Gasteiger partial charge in [0.05, 0.1) is 0 Å². The second-order valence-corrected chi connectivity index (χ2v) is 5.41. The number of nitrogens with one attached hydrogen (secondary N) is 1. The van der Waals surface area contributed by atoms with Gasteiger partial charge in [-0.25, -0.2) is 0 Å². The van der Waals surface area contributed by atoms with E-state index in [0.717, 1.165) is 11.1 Å². The van der Waals surface area contributed by atoms with Crippen LogP contribution in [0.4, 0.5) is 5.69 Å². The van der Waals surface area contributed by atoms with Crippen LogP contribution in [0.1, 0.15) is 35.1 Å². The lowest BCUT2D eigenvalue weighted by Gasteiger charge is -2.24. The molecule has 0 spiro atoms. The summed E-state index contributed by atoms with van der Waals surface area (Å²) in [7, 11) is 11.7. The van der Waals surface area contributed by atoms with E-state index in [-0.39, 0.29) is 0 Å². The van der Waals surface area contributed by atoms with Crippen LogP contribution in [0.25, 0.3) is 0 Å². The van der Waals surface area contributed by atoms with Gasteiger partial charge in [0.1, 0.15) is 15.7 Å². The lowest BCUT2D eigenvalue weighted by molar-refractivity contribution is -0.105. The van der Waals surface area contributed by atoms with Gasteiger partial charge in [-0.2, -0.15) is 0 Å². The number of hydrogen-bond acceptors (Lipinski definition) is 3. The quantitative estimate of drug-likeness (QED) is 0.503. The molecule has 6 heteroatoms. The number of amides is 1. The first kappa shape index (κ1) is 12.8. The average molecular weight is 253 g/mol. The standard InChI is InChI=1S/C13H13B2NO3/c14-12(18)3-1-7-9(12)5-10-8(11(7)16-6-17)2-4-13(10,15)19/h5-6,18-19H,1-4H2,(H,16,17). The van der Waals surface area contributed by atoms with Crippen LogP contribution < -0.4 is 5.32 Å². The molecule has 0 aromatic heterocycles.